The van der Waals surface area contributed by atoms with E-state index in [1.807, 2.05) is 13.8 Å². The van der Waals surface area contributed by atoms with E-state index in [0.717, 1.165) is 0 Å². The van der Waals surface area contributed by atoms with Gasteiger partial charge in [-0.15, -0.1) is 0 Å². The number of carbonyl (C=O) groups excluding carboxylic acids is 2. The molecule has 0 aliphatic rings. The number of anilines is 1. The quantitative estimate of drug-likeness (QED) is 0.742. The van der Waals surface area contributed by atoms with Crippen LogP contribution in [-0.4, -0.2) is 30.9 Å². The molecule has 0 bridgehead atoms. The molecule has 0 aliphatic heterocycles. The number of rotatable bonds is 6. The average Bonchev–Trinajstić information content (AvgIpc) is 2.52. The number of benzene rings is 1. The molecule has 124 valence electrons. The summed E-state index contributed by atoms with van der Waals surface area (Å²) in [6.45, 7) is 5.34. The first kappa shape index (κ1) is 18.8. The molecule has 1 atom stereocenters. The highest BCUT2D eigenvalue weighted by molar-refractivity contribution is 6.33. The maximum absolute atomic E-state index is 12.0. The fourth-order valence-corrected chi connectivity index (χ4v) is 1.94. The lowest BCUT2D eigenvalue weighted by atomic mass is 9.90. The van der Waals surface area contributed by atoms with Crippen LogP contribution in [0.15, 0.2) is 18.2 Å². The molecule has 1 rings (SSSR count). The van der Waals surface area contributed by atoms with Crippen LogP contribution in [0, 0.1) is 17.2 Å². The smallest absolute Gasteiger partial charge is 0.251 e. The highest BCUT2D eigenvalue weighted by Gasteiger charge is 2.29. The van der Waals surface area contributed by atoms with Gasteiger partial charge in [-0.3, -0.25) is 9.59 Å². The topological polar surface area (TPSA) is 94.0 Å². The molecule has 0 aliphatic carbocycles. The van der Waals surface area contributed by atoms with Gasteiger partial charge < -0.3 is 16.0 Å². The Morgan fingerprint density at radius 3 is 2.57 bits per heavy atom. The van der Waals surface area contributed by atoms with Crippen LogP contribution in [0.3, 0.4) is 0 Å². The molecule has 3 N–H and O–H groups in total. The highest BCUT2D eigenvalue weighted by Crippen LogP contribution is 2.23. The minimum Gasteiger partial charge on any atom is -0.375 e. The zero-order valence-electron chi connectivity index (χ0n) is 13.7. The lowest BCUT2D eigenvalue weighted by Crippen LogP contribution is -2.50. The van der Waals surface area contributed by atoms with Crippen LogP contribution in [0.1, 0.15) is 31.1 Å². The molecule has 1 unspecified atom stereocenters. The van der Waals surface area contributed by atoms with Crippen molar-refractivity contribution in [3.8, 4) is 6.07 Å². The molecule has 0 spiro atoms. The van der Waals surface area contributed by atoms with E-state index < -0.39 is 5.54 Å². The summed E-state index contributed by atoms with van der Waals surface area (Å²) in [5.41, 5.74) is -0.0260. The van der Waals surface area contributed by atoms with E-state index in [1.165, 1.54) is 7.05 Å². The van der Waals surface area contributed by atoms with Gasteiger partial charge in [0.2, 0.25) is 5.91 Å². The van der Waals surface area contributed by atoms with Crippen LogP contribution in [0.4, 0.5) is 5.69 Å². The van der Waals surface area contributed by atoms with Crippen LogP contribution >= 0.6 is 11.6 Å². The van der Waals surface area contributed by atoms with E-state index in [0.29, 0.717) is 16.3 Å². The van der Waals surface area contributed by atoms with Gasteiger partial charge in [0.1, 0.15) is 5.54 Å². The van der Waals surface area contributed by atoms with Gasteiger partial charge in [0.05, 0.1) is 23.3 Å². The van der Waals surface area contributed by atoms with Crippen LogP contribution in [0.5, 0.6) is 0 Å². The number of nitrogens with one attached hydrogen (secondary N) is 3. The second-order valence-electron chi connectivity index (χ2n) is 5.64. The number of nitrogens with zero attached hydrogens (tertiary/aromatic N) is 1. The summed E-state index contributed by atoms with van der Waals surface area (Å²) in [6.07, 6.45) is 0. The molecule has 0 heterocycles. The molecule has 1 aromatic carbocycles. The first-order chi connectivity index (χ1) is 10.7. The summed E-state index contributed by atoms with van der Waals surface area (Å²) in [7, 11) is 1.53. The average molecular weight is 337 g/mol. The van der Waals surface area contributed by atoms with E-state index in [4.69, 9.17) is 11.6 Å². The number of halogens is 1. The minimum atomic E-state index is -0.938. The lowest BCUT2D eigenvalue weighted by molar-refractivity contribution is -0.121. The maximum Gasteiger partial charge on any atom is 0.251 e. The van der Waals surface area contributed by atoms with Gasteiger partial charge in [0.25, 0.3) is 5.91 Å². The van der Waals surface area contributed by atoms with Gasteiger partial charge in [-0.1, -0.05) is 25.4 Å². The van der Waals surface area contributed by atoms with Crippen LogP contribution in [0.2, 0.25) is 5.02 Å². The summed E-state index contributed by atoms with van der Waals surface area (Å²) < 4.78 is 0. The number of nitriles is 1. The normalized spacial score (nSPS) is 12.9. The molecule has 1 aromatic rings. The fourth-order valence-electron chi connectivity index (χ4n) is 1.76. The summed E-state index contributed by atoms with van der Waals surface area (Å²) in [5.74, 6) is -0.605. The zero-order chi connectivity index (χ0) is 17.6. The molecule has 7 heteroatoms. The first-order valence-corrected chi connectivity index (χ1v) is 7.59. The Morgan fingerprint density at radius 2 is 2.04 bits per heavy atom. The zero-order valence-corrected chi connectivity index (χ0v) is 14.4. The summed E-state index contributed by atoms with van der Waals surface area (Å²) in [6, 6.07) is 6.86. The Bertz CT molecular complexity index is 639. The second kappa shape index (κ2) is 7.84. The van der Waals surface area contributed by atoms with Crippen molar-refractivity contribution in [3.63, 3.8) is 0 Å². The highest BCUT2D eigenvalue weighted by atomic mass is 35.5. The Morgan fingerprint density at radius 1 is 1.39 bits per heavy atom. The molecule has 2 amide bonds. The summed E-state index contributed by atoms with van der Waals surface area (Å²) in [5, 5.41) is 17.7. The molecule has 6 nitrogen and oxygen atoms in total. The maximum atomic E-state index is 12.0. The fraction of sp³-hybridized carbons (Fsp3) is 0.438. The van der Waals surface area contributed by atoms with Crippen molar-refractivity contribution in [1.29, 1.82) is 5.26 Å². The molecule has 0 aromatic heterocycles. The van der Waals surface area contributed by atoms with Crippen LogP contribution in [-0.2, 0) is 4.79 Å². The van der Waals surface area contributed by atoms with E-state index >= 15 is 0 Å². The van der Waals surface area contributed by atoms with Crippen molar-refractivity contribution in [3.05, 3.63) is 28.8 Å². The SMILES string of the molecule is CNC(=O)c1ccc(Cl)c(NCC(=O)NC(C)(C#N)C(C)C)c1. The predicted octanol–water partition coefficient (Wildman–Crippen LogP) is 2.17. The third-order valence-corrected chi connectivity index (χ3v) is 4.01. The number of hydrogen-bond donors (Lipinski definition) is 3. The van der Waals surface area contributed by atoms with Crippen molar-refractivity contribution >= 4 is 29.1 Å². The first-order valence-electron chi connectivity index (χ1n) is 7.21. The van der Waals surface area contributed by atoms with Gasteiger partial charge in [0, 0.05) is 12.6 Å². The Labute approximate surface area is 141 Å². The Balaban J connectivity index is 2.77. The van der Waals surface area contributed by atoms with E-state index in [2.05, 4.69) is 22.0 Å². The third kappa shape index (κ3) is 4.86. The molecule has 23 heavy (non-hydrogen) atoms. The third-order valence-electron chi connectivity index (χ3n) is 3.68. The number of carbonyl (C=O) groups is 2. The van der Waals surface area contributed by atoms with Gasteiger partial charge in [0.15, 0.2) is 0 Å². The van der Waals surface area contributed by atoms with Gasteiger partial charge in [-0.2, -0.15) is 5.26 Å². The predicted molar refractivity (Wildman–Crippen MR) is 90.3 cm³/mol. The second-order valence-corrected chi connectivity index (χ2v) is 6.05. The molecular formula is C16H21ClN4O2. The van der Waals surface area contributed by atoms with Crippen molar-refractivity contribution in [2.45, 2.75) is 26.3 Å². The Hall–Kier alpha value is -2.26. The van der Waals surface area contributed by atoms with E-state index in [9.17, 15) is 14.9 Å². The summed E-state index contributed by atoms with van der Waals surface area (Å²) in [4.78, 5) is 23.7. The van der Waals surface area contributed by atoms with Gasteiger partial charge in [-0.25, -0.2) is 0 Å². The minimum absolute atomic E-state index is 0.0309. The van der Waals surface area contributed by atoms with E-state index in [1.54, 1.807) is 25.1 Å². The van der Waals surface area contributed by atoms with Gasteiger partial charge >= 0.3 is 0 Å². The number of hydrogen-bond acceptors (Lipinski definition) is 4. The number of amides is 2. The van der Waals surface area contributed by atoms with Gasteiger partial charge in [-0.05, 0) is 31.0 Å². The van der Waals surface area contributed by atoms with Crippen molar-refractivity contribution in [2.24, 2.45) is 5.92 Å². The molecule has 0 fully saturated rings. The van der Waals surface area contributed by atoms with Crippen molar-refractivity contribution < 1.29 is 9.59 Å². The van der Waals surface area contributed by atoms with Crippen LogP contribution < -0.4 is 16.0 Å². The molecular weight excluding hydrogens is 316 g/mol. The van der Waals surface area contributed by atoms with Crippen LogP contribution in [0.25, 0.3) is 0 Å². The summed E-state index contributed by atoms with van der Waals surface area (Å²) >= 11 is 6.06. The molecule has 0 radical (unpaired) electrons. The van der Waals surface area contributed by atoms with E-state index in [-0.39, 0.29) is 24.3 Å². The Kier molecular flexibility index (Phi) is 6.40. The van der Waals surface area contributed by atoms with Crippen molar-refractivity contribution in [2.75, 3.05) is 18.9 Å². The lowest BCUT2D eigenvalue weighted by Gasteiger charge is -2.27. The largest absolute Gasteiger partial charge is 0.375 e. The molecule has 0 saturated carbocycles. The molecule has 0 saturated heterocycles. The standard InChI is InChI=1S/C16H21ClN4O2/c1-10(2)16(3,9-18)21-14(22)8-20-13-7-11(15(23)19-4)5-6-12(13)17/h5-7,10,20H,8H2,1-4H3,(H,19,23)(H,21,22). The van der Waals surface area contributed by atoms with Crippen molar-refractivity contribution in [1.82, 2.24) is 10.6 Å². The monoisotopic (exact) mass is 336 g/mol.